The molecule has 0 spiro atoms. The Morgan fingerprint density at radius 1 is 1.30 bits per heavy atom. The lowest BCUT2D eigenvalue weighted by atomic mass is 10.1. The molecule has 0 saturated carbocycles. The standard InChI is InChI=1S/C23H38N4O3/c1-5-7-18-13-19(25-24-18)15-26(3)23(28)10-11-27-14-17-12-21(29-4)8-9-22(17)30-20(6-2)16-27/h8-9,12,18-20,24-25H,5-7,10-11,13-16H2,1-4H3. The van der Waals surface area contributed by atoms with Crippen molar-refractivity contribution in [2.45, 2.75) is 70.7 Å². The molecule has 0 bridgehead atoms. The number of likely N-dealkylation sites (N-methyl/N-ethyl adjacent to an activating group) is 1. The van der Waals surface area contributed by atoms with Gasteiger partial charge in [-0.1, -0.05) is 20.3 Å². The summed E-state index contributed by atoms with van der Waals surface area (Å²) in [4.78, 5) is 17.0. The van der Waals surface area contributed by atoms with Crippen LogP contribution in [0.1, 0.15) is 51.5 Å². The third kappa shape index (κ3) is 6.09. The second-order valence-electron chi connectivity index (χ2n) is 8.59. The Morgan fingerprint density at radius 2 is 2.10 bits per heavy atom. The molecule has 2 aliphatic rings. The topological polar surface area (TPSA) is 66.1 Å². The molecule has 7 heteroatoms. The van der Waals surface area contributed by atoms with Crippen molar-refractivity contribution in [2.75, 3.05) is 33.8 Å². The van der Waals surface area contributed by atoms with Gasteiger partial charge in [-0.15, -0.1) is 0 Å². The summed E-state index contributed by atoms with van der Waals surface area (Å²) in [5, 5.41) is 0. The highest BCUT2D eigenvalue weighted by molar-refractivity contribution is 5.76. The Hall–Kier alpha value is -1.83. The molecule has 30 heavy (non-hydrogen) atoms. The third-order valence-electron chi connectivity index (χ3n) is 6.13. The van der Waals surface area contributed by atoms with Gasteiger partial charge in [-0.3, -0.25) is 20.5 Å². The van der Waals surface area contributed by atoms with Crippen LogP contribution < -0.4 is 20.3 Å². The third-order valence-corrected chi connectivity index (χ3v) is 6.13. The normalized spacial score (nSPS) is 24.1. The molecular formula is C23H38N4O3. The summed E-state index contributed by atoms with van der Waals surface area (Å²) in [5.41, 5.74) is 7.82. The number of fused-ring (bicyclic) bond motifs is 1. The molecule has 2 heterocycles. The van der Waals surface area contributed by atoms with E-state index in [1.807, 2.05) is 30.1 Å². The number of carbonyl (C=O) groups excluding carboxylic acids is 1. The summed E-state index contributed by atoms with van der Waals surface area (Å²) >= 11 is 0. The van der Waals surface area contributed by atoms with E-state index in [2.05, 4.69) is 29.6 Å². The van der Waals surface area contributed by atoms with E-state index < -0.39 is 0 Å². The van der Waals surface area contributed by atoms with Crippen LogP contribution in [-0.2, 0) is 11.3 Å². The number of nitrogens with zero attached hydrogens (tertiary/aromatic N) is 2. The minimum atomic E-state index is 0.136. The molecule has 2 N–H and O–H groups in total. The fourth-order valence-electron chi connectivity index (χ4n) is 4.35. The van der Waals surface area contributed by atoms with E-state index in [9.17, 15) is 4.79 Å². The van der Waals surface area contributed by atoms with Crippen LogP contribution in [0, 0.1) is 0 Å². The Kier molecular flexibility index (Phi) is 8.36. The van der Waals surface area contributed by atoms with Crippen LogP contribution in [0.25, 0.3) is 0 Å². The maximum atomic E-state index is 12.8. The lowest BCUT2D eigenvalue weighted by Crippen LogP contribution is -2.42. The number of hydrogen-bond acceptors (Lipinski definition) is 6. The van der Waals surface area contributed by atoms with Crippen molar-refractivity contribution in [1.82, 2.24) is 20.7 Å². The average molecular weight is 419 g/mol. The molecule has 3 rings (SSSR count). The summed E-state index contributed by atoms with van der Waals surface area (Å²) < 4.78 is 11.6. The number of amides is 1. The van der Waals surface area contributed by atoms with E-state index in [1.54, 1.807) is 7.11 Å². The van der Waals surface area contributed by atoms with E-state index in [1.165, 1.54) is 12.8 Å². The summed E-state index contributed by atoms with van der Waals surface area (Å²) in [6.07, 6.45) is 5.01. The largest absolute Gasteiger partial charge is 0.497 e. The van der Waals surface area contributed by atoms with Crippen molar-refractivity contribution >= 4 is 5.91 Å². The highest BCUT2D eigenvalue weighted by Crippen LogP contribution is 2.29. The maximum absolute atomic E-state index is 12.8. The number of carbonyl (C=O) groups is 1. The Morgan fingerprint density at radius 3 is 2.83 bits per heavy atom. The second kappa shape index (κ2) is 11.0. The number of benzene rings is 1. The van der Waals surface area contributed by atoms with Crippen LogP contribution in [0.2, 0.25) is 0 Å². The van der Waals surface area contributed by atoms with Gasteiger partial charge >= 0.3 is 0 Å². The minimum absolute atomic E-state index is 0.136. The quantitative estimate of drug-likeness (QED) is 0.643. The maximum Gasteiger partial charge on any atom is 0.223 e. The van der Waals surface area contributed by atoms with E-state index in [-0.39, 0.29) is 12.0 Å². The van der Waals surface area contributed by atoms with Crippen LogP contribution in [0.15, 0.2) is 18.2 Å². The fraction of sp³-hybridized carbons (Fsp3) is 0.696. The smallest absolute Gasteiger partial charge is 0.223 e. The first kappa shape index (κ1) is 22.8. The van der Waals surface area contributed by atoms with E-state index in [0.717, 1.165) is 56.1 Å². The Labute approximate surface area is 181 Å². The van der Waals surface area contributed by atoms with Crippen LogP contribution in [0.5, 0.6) is 11.5 Å². The first-order valence-corrected chi connectivity index (χ1v) is 11.3. The van der Waals surface area contributed by atoms with Crippen molar-refractivity contribution in [2.24, 2.45) is 0 Å². The molecule has 1 amide bonds. The first-order chi connectivity index (χ1) is 14.5. The van der Waals surface area contributed by atoms with Gasteiger partial charge in [0.25, 0.3) is 0 Å². The number of hydrogen-bond donors (Lipinski definition) is 2. The van der Waals surface area contributed by atoms with Crippen molar-refractivity contribution in [3.8, 4) is 11.5 Å². The predicted octanol–water partition coefficient (Wildman–Crippen LogP) is 2.55. The molecule has 0 aromatic heterocycles. The lowest BCUT2D eigenvalue weighted by molar-refractivity contribution is -0.130. The summed E-state index contributed by atoms with van der Waals surface area (Å²) in [7, 11) is 3.59. The van der Waals surface area contributed by atoms with Gasteiger partial charge in [-0.05, 0) is 37.5 Å². The van der Waals surface area contributed by atoms with Gasteiger partial charge in [0.2, 0.25) is 5.91 Å². The number of hydrazine groups is 1. The summed E-state index contributed by atoms with van der Waals surface area (Å²) in [6.45, 7) is 7.42. The fourth-order valence-corrected chi connectivity index (χ4v) is 4.35. The van der Waals surface area contributed by atoms with Crippen molar-refractivity contribution < 1.29 is 14.3 Å². The zero-order valence-electron chi connectivity index (χ0n) is 18.9. The zero-order chi connectivity index (χ0) is 21.5. The number of nitrogens with one attached hydrogen (secondary N) is 2. The molecule has 1 fully saturated rings. The van der Waals surface area contributed by atoms with Gasteiger partial charge < -0.3 is 14.4 Å². The van der Waals surface area contributed by atoms with Crippen molar-refractivity contribution in [3.63, 3.8) is 0 Å². The number of ether oxygens (including phenoxy) is 2. The molecule has 1 aromatic carbocycles. The van der Waals surface area contributed by atoms with E-state index >= 15 is 0 Å². The van der Waals surface area contributed by atoms with Crippen molar-refractivity contribution in [1.29, 1.82) is 0 Å². The molecule has 1 saturated heterocycles. The monoisotopic (exact) mass is 418 g/mol. The summed E-state index contributed by atoms with van der Waals surface area (Å²) in [6, 6.07) is 6.82. The second-order valence-corrected chi connectivity index (χ2v) is 8.59. The SMILES string of the molecule is CCCC1CC(CN(C)C(=O)CCN2Cc3cc(OC)ccc3OC(CC)C2)NN1. The highest BCUT2D eigenvalue weighted by atomic mass is 16.5. The Balaban J connectivity index is 1.52. The van der Waals surface area contributed by atoms with Crippen LogP contribution in [-0.4, -0.2) is 67.7 Å². The van der Waals surface area contributed by atoms with Gasteiger partial charge in [-0.25, -0.2) is 0 Å². The van der Waals surface area contributed by atoms with Crippen LogP contribution in [0.4, 0.5) is 0 Å². The minimum Gasteiger partial charge on any atom is -0.497 e. The van der Waals surface area contributed by atoms with Crippen molar-refractivity contribution in [3.05, 3.63) is 23.8 Å². The predicted molar refractivity (Wildman–Crippen MR) is 119 cm³/mol. The van der Waals surface area contributed by atoms with Crippen LogP contribution in [0.3, 0.4) is 0 Å². The Bertz CT molecular complexity index is 699. The average Bonchev–Trinajstić information content (AvgIpc) is 3.10. The molecule has 2 aliphatic heterocycles. The highest BCUT2D eigenvalue weighted by Gasteiger charge is 2.26. The molecular weight excluding hydrogens is 380 g/mol. The van der Waals surface area contributed by atoms with Gasteiger partial charge in [0.15, 0.2) is 0 Å². The van der Waals surface area contributed by atoms with Gasteiger partial charge in [-0.2, -0.15) is 0 Å². The molecule has 0 aliphatic carbocycles. The van der Waals surface area contributed by atoms with Gasteiger partial charge in [0.05, 0.1) is 7.11 Å². The molecule has 1 aromatic rings. The molecule has 7 nitrogen and oxygen atoms in total. The zero-order valence-corrected chi connectivity index (χ0v) is 18.9. The molecule has 3 unspecified atom stereocenters. The number of rotatable bonds is 9. The van der Waals surface area contributed by atoms with Crippen LogP contribution >= 0.6 is 0 Å². The van der Waals surface area contributed by atoms with Gasteiger partial charge in [0.1, 0.15) is 17.6 Å². The number of methoxy groups -OCH3 is 1. The van der Waals surface area contributed by atoms with Gasteiger partial charge in [0, 0.05) is 57.3 Å². The molecule has 168 valence electrons. The molecule has 0 radical (unpaired) electrons. The molecule has 3 atom stereocenters. The lowest BCUT2D eigenvalue weighted by Gasteiger charge is -2.25. The van der Waals surface area contributed by atoms with E-state index in [4.69, 9.17) is 9.47 Å². The van der Waals surface area contributed by atoms with E-state index in [0.29, 0.717) is 18.5 Å². The first-order valence-electron chi connectivity index (χ1n) is 11.3. The summed E-state index contributed by atoms with van der Waals surface area (Å²) in [5.74, 6) is 1.96.